The minimum atomic E-state index is -4.19. The molecule has 16 heteroatoms. The molecule has 1 unspecified atom stereocenters. The molecule has 350 valence electrons. The molecular formula is C49H61BrFN4O8PS. The monoisotopic (exact) mass is 994 g/mol. The van der Waals surface area contributed by atoms with Crippen LogP contribution in [-0.2, 0) is 29.8 Å². The van der Waals surface area contributed by atoms with Crippen molar-refractivity contribution in [2.24, 2.45) is 11.8 Å². The number of pyridine rings is 1. The van der Waals surface area contributed by atoms with Crippen LogP contribution in [0.3, 0.4) is 0 Å². The van der Waals surface area contributed by atoms with Crippen LogP contribution in [0, 0.1) is 24.6 Å². The summed E-state index contributed by atoms with van der Waals surface area (Å²) in [4.78, 5) is 67.1. The van der Waals surface area contributed by atoms with Crippen LogP contribution in [0.4, 0.5) is 9.52 Å². The summed E-state index contributed by atoms with van der Waals surface area (Å²) in [6, 6.07) is 9.31. The van der Waals surface area contributed by atoms with E-state index in [1.807, 2.05) is 37.4 Å². The van der Waals surface area contributed by atoms with Gasteiger partial charge in [0.25, 0.3) is 0 Å². The van der Waals surface area contributed by atoms with Crippen LogP contribution in [0.5, 0.6) is 11.5 Å². The number of hydrogen-bond acceptors (Lipinski definition) is 11. The largest absolute Gasteiger partial charge is 0.495 e. The van der Waals surface area contributed by atoms with Crippen LogP contribution in [0.25, 0.3) is 22.3 Å². The molecule has 4 heterocycles. The number of carbonyl (C=O) groups excluding carboxylic acids is 3. The average Bonchev–Trinajstić information content (AvgIpc) is 3.68. The third-order valence-corrected chi connectivity index (χ3v) is 18.4. The van der Waals surface area contributed by atoms with Crippen molar-refractivity contribution < 1.29 is 42.4 Å². The van der Waals surface area contributed by atoms with Crippen molar-refractivity contribution in [3.8, 4) is 22.9 Å². The Morgan fingerprint density at radius 1 is 1.02 bits per heavy atom. The number of rotatable bonds is 12. The van der Waals surface area contributed by atoms with Crippen LogP contribution in [0.15, 0.2) is 46.3 Å². The third-order valence-electron chi connectivity index (χ3n) is 14.0. The fraction of sp³-hybridized carbons (Fsp3) is 0.571. The van der Waals surface area contributed by atoms with Crippen LogP contribution in [0.2, 0.25) is 0 Å². The van der Waals surface area contributed by atoms with Gasteiger partial charge >= 0.3 is 5.97 Å². The molecule has 2 saturated heterocycles. The number of halogens is 2. The molecule has 4 aliphatic rings. The SMILES string of the molecule is COc1ccc2c(O[C@@H]3C[C@H]4C(=O)C[C@]5(P(=O)(O)Cc6c(C)cccc6F)C[C@@H]5CCCCCCC[C@H](CC(=O)OC5CCCC5)C(=O)N4C3)cc(-c3csc(NC(C)C)n3)nc2c1Br. The summed E-state index contributed by atoms with van der Waals surface area (Å²) >= 11 is 5.17. The smallest absolute Gasteiger partial charge is 0.306 e. The number of carbonyl (C=O) groups is 3. The van der Waals surface area contributed by atoms with E-state index in [4.69, 9.17) is 24.2 Å². The van der Waals surface area contributed by atoms with Gasteiger partial charge in [0.1, 0.15) is 35.2 Å². The molecule has 4 aromatic rings. The van der Waals surface area contributed by atoms with E-state index in [0.717, 1.165) is 62.9 Å². The Bertz CT molecular complexity index is 2440. The zero-order chi connectivity index (χ0) is 46.0. The van der Waals surface area contributed by atoms with Gasteiger partial charge in [0, 0.05) is 47.2 Å². The molecule has 2 aliphatic carbocycles. The summed E-state index contributed by atoms with van der Waals surface area (Å²) in [6.07, 6.45) is 8.05. The number of hydrogen-bond donors (Lipinski definition) is 2. The highest BCUT2D eigenvalue weighted by Gasteiger charge is 2.66. The number of ketones is 1. The Morgan fingerprint density at radius 2 is 1.75 bits per heavy atom. The third kappa shape index (κ3) is 10.5. The van der Waals surface area contributed by atoms with Crippen molar-refractivity contribution in [2.45, 2.75) is 153 Å². The van der Waals surface area contributed by atoms with Crippen LogP contribution < -0.4 is 14.8 Å². The Labute approximate surface area is 393 Å². The lowest BCUT2D eigenvalue weighted by Gasteiger charge is -2.30. The van der Waals surface area contributed by atoms with E-state index in [0.29, 0.717) is 63.1 Å². The van der Waals surface area contributed by atoms with Crippen LogP contribution in [-0.4, -0.2) is 80.5 Å². The minimum absolute atomic E-state index is 0.0562. The summed E-state index contributed by atoms with van der Waals surface area (Å²) in [5, 5.41) is 5.45. The number of ether oxygens (including phenoxy) is 3. The number of esters is 1. The summed E-state index contributed by atoms with van der Waals surface area (Å²) < 4.78 is 49.1. The molecule has 0 spiro atoms. The Kier molecular flexibility index (Phi) is 14.7. The van der Waals surface area contributed by atoms with Crippen LogP contribution >= 0.6 is 34.6 Å². The molecule has 2 aromatic carbocycles. The number of nitrogens with one attached hydrogen (secondary N) is 1. The number of benzene rings is 2. The van der Waals surface area contributed by atoms with Crippen LogP contribution in [0.1, 0.15) is 121 Å². The molecule has 8 rings (SSSR count). The first-order chi connectivity index (χ1) is 31.2. The predicted octanol–water partition coefficient (Wildman–Crippen LogP) is 11.2. The standard InChI is InChI=1S/C49H61BrFN4O8PS/c1-29(2)52-48-54-39(28-65-48)38-23-43(35-19-20-42(61-4)45(50)46(35)53-38)62-34-22-40-41(56)25-49(64(59,60)27-36-30(3)13-12-18-37(36)51)24-32(49)15-9-7-5-6-8-14-31(47(58)55(40)26-34)21-44(57)63-33-16-10-11-17-33/h12-13,18-20,23,28-29,31-34,40H,5-11,14-17,21-22,24-27H2,1-4H3,(H,52,54)(H,59,60)/t31-,32+,34-,40+,49-/m1/s1. The lowest BCUT2D eigenvalue weighted by molar-refractivity contribution is -0.154. The molecular weight excluding hydrogens is 935 g/mol. The van der Waals surface area contributed by atoms with Gasteiger partial charge in [-0.15, -0.1) is 11.3 Å². The number of aromatic nitrogens is 2. The molecule has 2 aromatic heterocycles. The summed E-state index contributed by atoms with van der Waals surface area (Å²) in [5.41, 5.74) is 2.55. The number of methoxy groups -OCH3 is 1. The maximum atomic E-state index is 15.2. The highest BCUT2D eigenvalue weighted by Crippen LogP contribution is 2.75. The second kappa shape index (κ2) is 20.1. The summed E-state index contributed by atoms with van der Waals surface area (Å²) in [6.45, 7) is 5.86. The van der Waals surface area contributed by atoms with Gasteiger partial charge in [-0.2, -0.15) is 0 Å². The molecule has 0 bridgehead atoms. The fourth-order valence-electron chi connectivity index (χ4n) is 10.4. The van der Waals surface area contributed by atoms with Gasteiger partial charge in [-0.05, 0) is 111 Å². The maximum Gasteiger partial charge on any atom is 0.306 e. The van der Waals surface area contributed by atoms with Crippen molar-refractivity contribution in [3.63, 3.8) is 0 Å². The molecule has 2 N–H and O–H groups in total. The zero-order valence-electron chi connectivity index (χ0n) is 37.8. The number of amides is 1. The van der Waals surface area contributed by atoms with Gasteiger partial charge in [-0.3, -0.25) is 18.9 Å². The second-order valence-corrected chi connectivity index (χ2v) is 23.2. The zero-order valence-corrected chi connectivity index (χ0v) is 41.1. The molecule has 2 aliphatic heterocycles. The normalized spacial score (nSPS) is 25.4. The van der Waals surface area contributed by atoms with Gasteiger partial charge in [0.05, 0.1) is 53.1 Å². The quantitative estimate of drug-likeness (QED) is 0.103. The van der Waals surface area contributed by atoms with Crippen molar-refractivity contribution in [2.75, 3.05) is 19.0 Å². The highest BCUT2D eigenvalue weighted by molar-refractivity contribution is 9.10. The van der Waals surface area contributed by atoms with E-state index < -0.39 is 42.4 Å². The molecule has 1 amide bonds. The van der Waals surface area contributed by atoms with Crippen molar-refractivity contribution in [3.05, 3.63) is 63.2 Å². The second-order valence-electron chi connectivity index (χ2n) is 19.0. The fourth-order valence-corrected chi connectivity index (χ4v) is 14.6. The maximum absolute atomic E-state index is 15.2. The van der Waals surface area contributed by atoms with E-state index in [1.165, 1.54) is 17.4 Å². The van der Waals surface area contributed by atoms with Gasteiger partial charge in [-0.25, -0.2) is 14.4 Å². The number of Topliss-reactive ketones (excluding diaryl/α,β-unsaturated/α-hetero) is 1. The first-order valence-electron chi connectivity index (χ1n) is 23.3. The van der Waals surface area contributed by atoms with E-state index in [-0.39, 0.29) is 67.3 Å². The molecule has 2 saturated carbocycles. The minimum Gasteiger partial charge on any atom is -0.495 e. The Balaban J connectivity index is 1.14. The number of aryl methyl sites for hydroxylation is 1. The number of thiazole rings is 1. The Hall–Kier alpha value is -3.91. The van der Waals surface area contributed by atoms with E-state index >= 15 is 14.0 Å². The molecule has 65 heavy (non-hydrogen) atoms. The highest BCUT2D eigenvalue weighted by atomic mass is 79.9. The molecule has 6 atom stereocenters. The number of anilines is 1. The van der Waals surface area contributed by atoms with Crippen molar-refractivity contribution in [1.29, 1.82) is 0 Å². The predicted molar refractivity (Wildman–Crippen MR) is 254 cm³/mol. The molecule has 12 nitrogen and oxygen atoms in total. The Morgan fingerprint density at radius 3 is 2.49 bits per heavy atom. The van der Waals surface area contributed by atoms with Gasteiger partial charge < -0.3 is 29.3 Å². The van der Waals surface area contributed by atoms with E-state index in [2.05, 4.69) is 21.2 Å². The number of fused-ring (bicyclic) bond motifs is 3. The topological polar surface area (TPSA) is 157 Å². The first-order valence-corrected chi connectivity index (χ1v) is 26.8. The lowest BCUT2D eigenvalue weighted by Crippen LogP contribution is -2.45. The van der Waals surface area contributed by atoms with Crippen molar-refractivity contribution >= 4 is 68.3 Å². The van der Waals surface area contributed by atoms with Gasteiger partial charge in [0.2, 0.25) is 13.3 Å². The molecule has 4 fully saturated rings. The van der Waals surface area contributed by atoms with E-state index in [9.17, 15) is 14.3 Å². The van der Waals surface area contributed by atoms with Gasteiger partial charge in [-0.1, -0.05) is 44.2 Å². The molecule has 0 radical (unpaired) electrons. The van der Waals surface area contributed by atoms with Crippen molar-refractivity contribution in [1.82, 2.24) is 14.9 Å². The van der Waals surface area contributed by atoms with E-state index in [1.54, 1.807) is 31.1 Å². The summed E-state index contributed by atoms with van der Waals surface area (Å²) in [5.74, 6) is -1.43. The average molecular weight is 996 g/mol. The lowest BCUT2D eigenvalue weighted by atomic mass is 9.94. The first kappa shape index (κ1) is 47.6. The number of nitrogens with zero attached hydrogens (tertiary/aromatic N) is 3. The van der Waals surface area contributed by atoms with Gasteiger partial charge in [0.15, 0.2) is 10.9 Å². The summed E-state index contributed by atoms with van der Waals surface area (Å²) in [7, 11) is -2.61.